The van der Waals surface area contributed by atoms with Gasteiger partial charge in [-0.25, -0.2) is 0 Å². The van der Waals surface area contributed by atoms with E-state index in [9.17, 15) is 22.8 Å². The lowest BCUT2D eigenvalue weighted by Crippen LogP contribution is -2.18. The Morgan fingerprint density at radius 3 is 2.31 bits per heavy atom. The van der Waals surface area contributed by atoms with Crippen molar-refractivity contribution in [3.63, 3.8) is 0 Å². The zero-order valence-corrected chi connectivity index (χ0v) is 18.6. The van der Waals surface area contributed by atoms with Crippen LogP contribution in [0, 0.1) is 0 Å². The molecule has 1 amide bonds. The molecule has 4 aromatic rings. The number of carbonyl (C=O) groups excluding carboxylic acids is 2. The first-order valence-electron chi connectivity index (χ1n) is 10.3. The van der Waals surface area contributed by atoms with E-state index >= 15 is 0 Å². The molecule has 0 radical (unpaired) electrons. The van der Waals surface area contributed by atoms with Gasteiger partial charge in [0, 0.05) is 16.6 Å². The normalized spacial score (nSPS) is 11.3. The van der Waals surface area contributed by atoms with Gasteiger partial charge in [-0.2, -0.15) is 13.2 Å². The van der Waals surface area contributed by atoms with Crippen LogP contribution in [0.4, 0.5) is 24.7 Å². The van der Waals surface area contributed by atoms with E-state index in [0.29, 0.717) is 22.4 Å². The molecule has 0 unspecified atom stereocenters. The van der Waals surface area contributed by atoms with Gasteiger partial charge in [0.2, 0.25) is 0 Å². The first-order valence-corrected chi connectivity index (χ1v) is 10.3. The van der Waals surface area contributed by atoms with Crippen molar-refractivity contribution in [1.29, 1.82) is 0 Å². The molecule has 0 aliphatic heterocycles. The van der Waals surface area contributed by atoms with Crippen LogP contribution in [0.25, 0.3) is 10.9 Å². The standard InChI is InChI=1S/C25H20F3N3O4/c1-34-19-11-10-14(12-20(19)35-2)24(33)31-18-9-4-3-8-17(18)21(22(31)29)23(32)30-16-7-5-6-15(13-16)25(26,27)28/h3-13H,29H2,1-2H3,(H,30,32). The number of methoxy groups -OCH3 is 2. The van der Waals surface area contributed by atoms with Crippen molar-refractivity contribution in [2.75, 3.05) is 25.3 Å². The number of nitrogen functional groups attached to an aromatic ring is 1. The highest BCUT2D eigenvalue weighted by Gasteiger charge is 2.31. The molecule has 1 aromatic heterocycles. The van der Waals surface area contributed by atoms with Crippen molar-refractivity contribution in [3.05, 3.63) is 83.4 Å². The molecule has 0 aliphatic carbocycles. The highest BCUT2D eigenvalue weighted by atomic mass is 19.4. The van der Waals surface area contributed by atoms with Crippen molar-refractivity contribution < 1.29 is 32.2 Å². The van der Waals surface area contributed by atoms with Crippen LogP contribution in [-0.2, 0) is 6.18 Å². The number of benzene rings is 3. The van der Waals surface area contributed by atoms with Crippen molar-refractivity contribution in [2.45, 2.75) is 6.18 Å². The van der Waals surface area contributed by atoms with Gasteiger partial charge in [-0.05, 0) is 42.5 Å². The van der Waals surface area contributed by atoms with Gasteiger partial charge in [0.15, 0.2) is 11.5 Å². The zero-order chi connectivity index (χ0) is 25.3. The SMILES string of the molecule is COc1ccc(C(=O)n2c(N)c(C(=O)Nc3cccc(C(F)(F)F)c3)c3ccccc32)cc1OC. The van der Waals surface area contributed by atoms with Crippen LogP contribution in [0.5, 0.6) is 11.5 Å². The maximum atomic E-state index is 13.4. The highest BCUT2D eigenvalue weighted by molar-refractivity contribution is 6.20. The number of ether oxygens (including phenoxy) is 2. The van der Waals surface area contributed by atoms with Crippen LogP contribution >= 0.6 is 0 Å². The van der Waals surface area contributed by atoms with E-state index in [0.717, 1.165) is 12.1 Å². The second kappa shape index (κ2) is 9.05. The van der Waals surface area contributed by atoms with Gasteiger partial charge in [-0.3, -0.25) is 14.2 Å². The Morgan fingerprint density at radius 2 is 1.63 bits per heavy atom. The number of aromatic nitrogens is 1. The summed E-state index contributed by atoms with van der Waals surface area (Å²) >= 11 is 0. The van der Waals surface area contributed by atoms with E-state index < -0.39 is 23.6 Å². The largest absolute Gasteiger partial charge is 0.493 e. The summed E-state index contributed by atoms with van der Waals surface area (Å²) in [6, 6.07) is 15.4. The average Bonchev–Trinajstić information content (AvgIpc) is 3.14. The molecule has 10 heteroatoms. The highest BCUT2D eigenvalue weighted by Crippen LogP contribution is 2.34. The number of amides is 1. The van der Waals surface area contributed by atoms with Crippen LogP contribution < -0.4 is 20.5 Å². The molecule has 3 aromatic carbocycles. The van der Waals surface area contributed by atoms with Crippen molar-refractivity contribution in [3.8, 4) is 11.5 Å². The quantitative estimate of drug-likeness (QED) is 0.407. The number of anilines is 2. The molecule has 4 rings (SSSR count). The van der Waals surface area contributed by atoms with Crippen LogP contribution in [0.3, 0.4) is 0 Å². The molecular formula is C25H20F3N3O4. The Hall–Kier alpha value is -4.47. The predicted molar refractivity (Wildman–Crippen MR) is 125 cm³/mol. The molecule has 0 fully saturated rings. The lowest BCUT2D eigenvalue weighted by molar-refractivity contribution is -0.137. The number of hydrogen-bond donors (Lipinski definition) is 2. The second-order valence-corrected chi connectivity index (χ2v) is 7.52. The summed E-state index contributed by atoms with van der Waals surface area (Å²) in [4.78, 5) is 26.6. The number of nitrogens with two attached hydrogens (primary N) is 1. The number of carbonyl (C=O) groups is 2. The Bertz CT molecular complexity index is 1440. The number of nitrogens with zero attached hydrogens (tertiary/aromatic N) is 1. The molecule has 1 heterocycles. The molecule has 7 nitrogen and oxygen atoms in total. The van der Waals surface area contributed by atoms with E-state index in [1.807, 2.05) is 0 Å². The molecule has 35 heavy (non-hydrogen) atoms. The first kappa shape index (κ1) is 23.7. The molecule has 0 saturated heterocycles. The van der Waals surface area contributed by atoms with Gasteiger partial charge in [0.25, 0.3) is 11.8 Å². The number of para-hydroxylation sites is 1. The van der Waals surface area contributed by atoms with Crippen LogP contribution in [0.2, 0.25) is 0 Å². The van der Waals surface area contributed by atoms with Gasteiger partial charge in [0.05, 0.1) is 30.9 Å². The lowest BCUT2D eigenvalue weighted by Gasteiger charge is -2.11. The van der Waals surface area contributed by atoms with Crippen LogP contribution in [0.15, 0.2) is 66.7 Å². The monoisotopic (exact) mass is 483 g/mol. The molecule has 0 bridgehead atoms. The Kier molecular flexibility index (Phi) is 6.12. The summed E-state index contributed by atoms with van der Waals surface area (Å²) in [5.74, 6) is -0.684. The lowest BCUT2D eigenvalue weighted by atomic mass is 10.1. The minimum absolute atomic E-state index is 0.0353. The third-order valence-corrected chi connectivity index (χ3v) is 5.42. The Morgan fingerprint density at radius 1 is 0.914 bits per heavy atom. The van der Waals surface area contributed by atoms with Gasteiger partial charge in [-0.1, -0.05) is 24.3 Å². The van der Waals surface area contributed by atoms with E-state index in [-0.39, 0.29) is 22.6 Å². The number of hydrogen-bond acceptors (Lipinski definition) is 5. The number of alkyl halides is 3. The summed E-state index contributed by atoms with van der Waals surface area (Å²) < 4.78 is 50.8. The van der Waals surface area contributed by atoms with E-state index in [2.05, 4.69) is 5.32 Å². The molecule has 0 atom stereocenters. The zero-order valence-electron chi connectivity index (χ0n) is 18.6. The minimum atomic E-state index is -4.57. The van der Waals surface area contributed by atoms with Crippen molar-refractivity contribution in [2.24, 2.45) is 0 Å². The molecule has 0 aliphatic rings. The van der Waals surface area contributed by atoms with Crippen LogP contribution in [0.1, 0.15) is 26.3 Å². The fourth-order valence-electron chi connectivity index (χ4n) is 3.78. The number of rotatable bonds is 5. The number of fused-ring (bicyclic) bond motifs is 1. The number of nitrogens with one attached hydrogen (secondary N) is 1. The predicted octanol–water partition coefficient (Wildman–Crippen LogP) is 5.20. The molecule has 0 saturated carbocycles. The van der Waals surface area contributed by atoms with E-state index in [4.69, 9.17) is 15.2 Å². The molecule has 0 spiro atoms. The maximum Gasteiger partial charge on any atom is 0.416 e. The van der Waals surface area contributed by atoms with Gasteiger partial charge in [0.1, 0.15) is 5.82 Å². The summed E-state index contributed by atoms with van der Waals surface area (Å²) in [5, 5.41) is 2.81. The van der Waals surface area contributed by atoms with Crippen molar-refractivity contribution in [1.82, 2.24) is 4.57 Å². The Labute approximate surface area is 197 Å². The summed E-state index contributed by atoms with van der Waals surface area (Å²) in [5.41, 5.74) is 5.86. The average molecular weight is 483 g/mol. The van der Waals surface area contributed by atoms with Crippen molar-refractivity contribution >= 4 is 34.2 Å². The smallest absolute Gasteiger partial charge is 0.416 e. The number of halogens is 3. The van der Waals surface area contributed by atoms with Crippen LogP contribution in [-0.4, -0.2) is 30.6 Å². The minimum Gasteiger partial charge on any atom is -0.493 e. The summed E-state index contributed by atoms with van der Waals surface area (Å²) in [7, 11) is 2.90. The Balaban J connectivity index is 1.77. The molecule has 180 valence electrons. The van der Waals surface area contributed by atoms with Gasteiger partial charge in [-0.15, -0.1) is 0 Å². The third-order valence-electron chi connectivity index (χ3n) is 5.42. The fourth-order valence-corrected chi connectivity index (χ4v) is 3.78. The molecule has 3 N–H and O–H groups in total. The van der Waals surface area contributed by atoms with Gasteiger partial charge < -0.3 is 20.5 Å². The second-order valence-electron chi connectivity index (χ2n) is 7.52. The van der Waals surface area contributed by atoms with E-state index in [1.165, 1.54) is 43.1 Å². The third kappa shape index (κ3) is 4.37. The fraction of sp³-hybridized carbons (Fsp3) is 0.120. The molecular weight excluding hydrogens is 463 g/mol. The first-order chi connectivity index (χ1) is 16.7. The van der Waals surface area contributed by atoms with Gasteiger partial charge >= 0.3 is 6.18 Å². The topological polar surface area (TPSA) is 95.6 Å². The summed E-state index contributed by atoms with van der Waals surface area (Å²) in [6.07, 6.45) is -4.57. The summed E-state index contributed by atoms with van der Waals surface area (Å²) in [6.45, 7) is 0. The van der Waals surface area contributed by atoms with E-state index in [1.54, 1.807) is 30.3 Å². The maximum absolute atomic E-state index is 13.4.